The van der Waals surface area contributed by atoms with Gasteiger partial charge in [-0.15, -0.1) is 0 Å². The van der Waals surface area contributed by atoms with Gasteiger partial charge in [0.2, 0.25) is 5.91 Å². The molecule has 2 aliphatic rings. The van der Waals surface area contributed by atoms with E-state index in [0.717, 1.165) is 31.4 Å². The molecule has 1 unspecified atom stereocenters. The predicted octanol–water partition coefficient (Wildman–Crippen LogP) is 2.02. The molecule has 168 valence electrons. The first-order chi connectivity index (χ1) is 15.1. The number of fused-ring (bicyclic) bond motifs is 1. The average molecular weight is 427 g/mol. The van der Waals surface area contributed by atoms with Crippen LogP contribution < -0.4 is 15.8 Å². The molecule has 0 saturated carbocycles. The van der Waals surface area contributed by atoms with Gasteiger partial charge in [0.05, 0.1) is 0 Å². The van der Waals surface area contributed by atoms with E-state index in [2.05, 4.69) is 27.1 Å². The summed E-state index contributed by atoms with van der Waals surface area (Å²) < 4.78 is 1.68. The van der Waals surface area contributed by atoms with E-state index in [1.165, 1.54) is 19.3 Å². The minimum absolute atomic E-state index is 0.00514. The van der Waals surface area contributed by atoms with Gasteiger partial charge < -0.3 is 10.2 Å². The molecule has 0 spiro atoms. The number of nitrogens with one attached hydrogen (secondary N) is 1. The number of piperidine rings is 2. The van der Waals surface area contributed by atoms with Crippen LogP contribution in [0.25, 0.3) is 11.2 Å². The van der Waals surface area contributed by atoms with Crippen molar-refractivity contribution in [3.05, 3.63) is 28.7 Å². The fourth-order valence-corrected chi connectivity index (χ4v) is 4.87. The summed E-state index contributed by atoms with van der Waals surface area (Å²) in [4.78, 5) is 39.1. The molecule has 1 amide bonds. The molecule has 2 saturated heterocycles. The van der Waals surface area contributed by atoms with E-state index >= 15 is 0 Å². The second-order valence-electron chi connectivity index (χ2n) is 8.76. The van der Waals surface area contributed by atoms with Gasteiger partial charge in [-0.1, -0.05) is 6.42 Å². The van der Waals surface area contributed by atoms with Gasteiger partial charge in [0.1, 0.15) is 5.52 Å². The molecule has 1 atom stereocenters. The van der Waals surface area contributed by atoms with Crippen molar-refractivity contribution in [2.24, 2.45) is 5.92 Å². The fraction of sp³-hybridized carbons (Fsp3) is 0.652. The third kappa shape index (κ3) is 4.74. The van der Waals surface area contributed by atoms with Gasteiger partial charge in [-0.2, -0.15) is 0 Å². The van der Waals surface area contributed by atoms with Gasteiger partial charge in [0, 0.05) is 50.9 Å². The van der Waals surface area contributed by atoms with E-state index in [9.17, 15) is 9.59 Å². The number of anilines is 1. The van der Waals surface area contributed by atoms with Gasteiger partial charge >= 0.3 is 0 Å². The normalized spacial score (nSPS) is 20.8. The van der Waals surface area contributed by atoms with Crippen molar-refractivity contribution in [1.82, 2.24) is 24.8 Å². The smallest absolute Gasteiger partial charge is 0.295 e. The number of hydrogen-bond donors (Lipinski definition) is 1. The van der Waals surface area contributed by atoms with E-state index in [1.54, 1.807) is 10.8 Å². The maximum atomic E-state index is 13.0. The maximum Gasteiger partial charge on any atom is 0.295 e. The number of aryl methyl sites for hydroxylation is 1. The van der Waals surface area contributed by atoms with Crippen LogP contribution in [0.2, 0.25) is 0 Å². The van der Waals surface area contributed by atoms with E-state index in [1.807, 2.05) is 24.0 Å². The Morgan fingerprint density at radius 2 is 2.00 bits per heavy atom. The third-order valence-electron chi connectivity index (χ3n) is 6.80. The molecule has 2 fully saturated rings. The number of carbonyl (C=O) groups is 1. The quantitative estimate of drug-likeness (QED) is 0.761. The number of hydrogen-bond acceptors (Lipinski definition) is 6. The van der Waals surface area contributed by atoms with Crippen molar-refractivity contribution in [2.75, 3.05) is 37.6 Å². The average Bonchev–Trinajstić information content (AvgIpc) is 2.80. The van der Waals surface area contributed by atoms with Crippen molar-refractivity contribution >= 4 is 22.9 Å². The summed E-state index contributed by atoms with van der Waals surface area (Å²) in [5, 5.41) is 3.14. The first-order valence-electron chi connectivity index (χ1n) is 11.7. The highest BCUT2D eigenvalue weighted by Crippen LogP contribution is 2.22. The molecule has 31 heavy (non-hydrogen) atoms. The molecule has 2 aromatic rings. The van der Waals surface area contributed by atoms with Crippen molar-refractivity contribution < 1.29 is 4.79 Å². The van der Waals surface area contributed by atoms with Crippen LogP contribution >= 0.6 is 0 Å². The van der Waals surface area contributed by atoms with E-state index < -0.39 is 0 Å². The van der Waals surface area contributed by atoms with Crippen molar-refractivity contribution in [3.8, 4) is 0 Å². The van der Waals surface area contributed by atoms with Gasteiger partial charge in [0.25, 0.3) is 5.56 Å². The molecule has 4 heterocycles. The van der Waals surface area contributed by atoms with Crippen LogP contribution in [0.4, 0.5) is 5.82 Å². The summed E-state index contributed by atoms with van der Waals surface area (Å²) in [6.45, 7) is 8.88. The number of pyridine rings is 1. The molecule has 0 aliphatic carbocycles. The van der Waals surface area contributed by atoms with Crippen LogP contribution in [0, 0.1) is 5.92 Å². The van der Waals surface area contributed by atoms with Crippen molar-refractivity contribution in [3.63, 3.8) is 0 Å². The van der Waals surface area contributed by atoms with Crippen LogP contribution in [-0.2, 0) is 11.3 Å². The number of amides is 1. The summed E-state index contributed by atoms with van der Waals surface area (Å²) in [6, 6.07) is 4.34. The fourth-order valence-electron chi connectivity index (χ4n) is 4.87. The zero-order valence-corrected chi connectivity index (χ0v) is 18.7. The molecular weight excluding hydrogens is 392 g/mol. The third-order valence-corrected chi connectivity index (χ3v) is 6.80. The predicted molar refractivity (Wildman–Crippen MR) is 122 cm³/mol. The Morgan fingerprint density at radius 1 is 1.19 bits per heavy atom. The standard InChI is InChI=1S/C23H34N6O2/c1-3-29-20-19(8-6-11-24-20)26-21(23(29)31)28-14-9-18(10-15-28)22(30)25-12-16-27-13-5-4-7-17(27)2/h6,8,11,17-18H,3-5,7,9-10,12-16H2,1-2H3,(H,25,30). The lowest BCUT2D eigenvalue weighted by Gasteiger charge is -2.34. The summed E-state index contributed by atoms with van der Waals surface area (Å²) in [7, 11) is 0. The van der Waals surface area contributed by atoms with Crippen LogP contribution in [0.3, 0.4) is 0 Å². The highest BCUT2D eigenvalue weighted by atomic mass is 16.2. The summed E-state index contributed by atoms with van der Waals surface area (Å²) in [6.07, 6.45) is 6.99. The van der Waals surface area contributed by atoms with Crippen molar-refractivity contribution in [1.29, 1.82) is 0 Å². The topological polar surface area (TPSA) is 83.4 Å². The maximum absolute atomic E-state index is 13.0. The Labute approximate surface area is 183 Å². The van der Waals surface area contributed by atoms with E-state index in [0.29, 0.717) is 43.7 Å². The Balaban J connectivity index is 1.34. The Kier molecular flexibility index (Phi) is 6.85. The second-order valence-corrected chi connectivity index (χ2v) is 8.76. The van der Waals surface area contributed by atoms with Gasteiger partial charge in [-0.3, -0.25) is 19.1 Å². The molecule has 2 aliphatic heterocycles. The molecule has 0 radical (unpaired) electrons. The highest BCUT2D eigenvalue weighted by Gasteiger charge is 2.28. The molecule has 2 aromatic heterocycles. The summed E-state index contributed by atoms with van der Waals surface area (Å²) in [5.41, 5.74) is 1.24. The highest BCUT2D eigenvalue weighted by molar-refractivity contribution is 5.79. The zero-order valence-electron chi connectivity index (χ0n) is 18.7. The van der Waals surface area contributed by atoms with E-state index in [-0.39, 0.29) is 17.4 Å². The van der Waals surface area contributed by atoms with Gasteiger partial charge in [-0.05, 0) is 58.2 Å². The molecule has 8 nitrogen and oxygen atoms in total. The lowest BCUT2D eigenvalue weighted by atomic mass is 9.96. The molecule has 8 heteroatoms. The number of aromatic nitrogens is 3. The lowest BCUT2D eigenvalue weighted by molar-refractivity contribution is -0.125. The number of nitrogens with zero attached hydrogens (tertiary/aromatic N) is 5. The van der Waals surface area contributed by atoms with Gasteiger partial charge in [0.15, 0.2) is 11.5 Å². The first kappa shape index (κ1) is 21.7. The summed E-state index contributed by atoms with van der Waals surface area (Å²) in [5.74, 6) is 0.622. The number of likely N-dealkylation sites (tertiary alicyclic amines) is 1. The number of carbonyl (C=O) groups excluding carboxylic acids is 1. The SMILES string of the molecule is CCn1c(=O)c(N2CCC(C(=O)NCCN3CCCCC3C)CC2)nc2cccnc21. The van der Waals surface area contributed by atoms with Crippen LogP contribution in [-0.4, -0.2) is 64.1 Å². The number of rotatable bonds is 6. The zero-order chi connectivity index (χ0) is 21.8. The Bertz CT molecular complexity index is 966. The lowest BCUT2D eigenvalue weighted by Crippen LogP contribution is -2.46. The second kappa shape index (κ2) is 9.77. The Morgan fingerprint density at radius 3 is 2.74 bits per heavy atom. The molecule has 4 rings (SSSR count). The minimum Gasteiger partial charge on any atom is -0.355 e. The Hall–Kier alpha value is -2.48. The molecule has 0 bridgehead atoms. The van der Waals surface area contributed by atoms with Gasteiger partial charge in [-0.25, -0.2) is 9.97 Å². The molecule has 0 aromatic carbocycles. The largest absolute Gasteiger partial charge is 0.355 e. The van der Waals surface area contributed by atoms with Crippen LogP contribution in [0.15, 0.2) is 23.1 Å². The van der Waals surface area contributed by atoms with E-state index in [4.69, 9.17) is 0 Å². The molecule has 1 N–H and O–H groups in total. The minimum atomic E-state index is -0.104. The van der Waals surface area contributed by atoms with Crippen LogP contribution in [0.1, 0.15) is 46.0 Å². The summed E-state index contributed by atoms with van der Waals surface area (Å²) >= 11 is 0. The van der Waals surface area contributed by atoms with Crippen molar-refractivity contribution in [2.45, 2.75) is 58.5 Å². The monoisotopic (exact) mass is 426 g/mol. The van der Waals surface area contributed by atoms with Crippen LogP contribution in [0.5, 0.6) is 0 Å². The molecular formula is C23H34N6O2. The first-order valence-corrected chi connectivity index (χ1v) is 11.7.